The molecule has 110 valence electrons. The number of hydrogen-bond acceptors (Lipinski definition) is 3. The van der Waals surface area contributed by atoms with Crippen LogP contribution in [0.5, 0.6) is 5.75 Å². The highest BCUT2D eigenvalue weighted by atomic mass is 16.3. The van der Waals surface area contributed by atoms with Crippen molar-refractivity contribution in [3.05, 3.63) is 29.3 Å². The lowest BCUT2D eigenvalue weighted by atomic mass is 10.1. The molecule has 0 aliphatic rings. The molecular weight excluding hydrogens is 256 g/mol. The van der Waals surface area contributed by atoms with Gasteiger partial charge in [0.1, 0.15) is 5.75 Å². The number of aryl methyl sites for hydroxylation is 1. The van der Waals surface area contributed by atoms with E-state index in [0.29, 0.717) is 37.2 Å². The van der Waals surface area contributed by atoms with Gasteiger partial charge in [0.25, 0.3) is 5.91 Å². The molecule has 0 bridgehead atoms. The average molecular weight is 278 g/mol. The minimum absolute atomic E-state index is 0.0396. The molecular formula is C15H22N2O3. The number of carbonyl (C=O) groups excluding carboxylic acids is 2. The van der Waals surface area contributed by atoms with Gasteiger partial charge < -0.3 is 15.3 Å². The SMILES string of the molecule is CCN(CC)C(=O)CCNC(=O)c1ccc(O)cc1C. The average Bonchev–Trinajstić information content (AvgIpc) is 2.39. The smallest absolute Gasteiger partial charge is 0.251 e. The quantitative estimate of drug-likeness (QED) is 0.832. The molecule has 1 aromatic carbocycles. The summed E-state index contributed by atoms with van der Waals surface area (Å²) >= 11 is 0. The zero-order valence-electron chi connectivity index (χ0n) is 12.3. The predicted octanol–water partition coefficient (Wildman–Crippen LogP) is 1.69. The van der Waals surface area contributed by atoms with E-state index in [9.17, 15) is 14.7 Å². The summed E-state index contributed by atoms with van der Waals surface area (Å²) in [6.07, 6.45) is 0.296. The Bertz CT molecular complexity index is 482. The van der Waals surface area contributed by atoms with Crippen molar-refractivity contribution >= 4 is 11.8 Å². The lowest BCUT2D eigenvalue weighted by Crippen LogP contribution is -2.34. The first-order valence-electron chi connectivity index (χ1n) is 6.85. The Morgan fingerprint density at radius 2 is 1.90 bits per heavy atom. The van der Waals surface area contributed by atoms with E-state index in [1.807, 2.05) is 13.8 Å². The summed E-state index contributed by atoms with van der Waals surface area (Å²) in [6.45, 7) is 7.30. The van der Waals surface area contributed by atoms with Crippen LogP contribution in [0, 0.1) is 6.92 Å². The number of phenols is 1. The Hall–Kier alpha value is -2.04. The van der Waals surface area contributed by atoms with E-state index in [4.69, 9.17) is 0 Å². The van der Waals surface area contributed by atoms with Gasteiger partial charge in [-0.25, -0.2) is 0 Å². The lowest BCUT2D eigenvalue weighted by Gasteiger charge is -2.18. The summed E-state index contributed by atoms with van der Waals surface area (Å²) in [4.78, 5) is 25.5. The third-order valence-electron chi connectivity index (χ3n) is 3.20. The van der Waals surface area contributed by atoms with Gasteiger partial charge in [-0.05, 0) is 44.5 Å². The van der Waals surface area contributed by atoms with Crippen LogP contribution in [0.4, 0.5) is 0 Å². The fourth-order valence-corrected chi connectivity index (χ4v) is 2.02. The largest absolute Gasteiger partial charge is 0.508 e. The van der Waals surface area contributed by atoms with Crippen molar-refractivity contribution in [3.8, 4) is 5.75 Å². The fourth-order valence-electron chi connectivity index (χ4n) is 2.02. The molecule has 0 aromatic heterocycles. The molecule has 1 rings (SSSR count). The first-order chi connectivity index (χ1) is 9.49. The number of carbonyl (C=O) groups is 2. The van der Waals surface area contributed by atoms with Gasteiger partial charge in [0.2, 0.25) is 5.91 Å². The Balaban J connectivity index is 2.50. The zero-order chi connectivity index (χ0) is 15.1. The van der Waals surface area contributed by atoms with Gasteiger partial charge in [0.15, 0.2) is 0 Å². The maximum absolute atomic E-state index is 11.9. The third-order valence-corrected chi connectivity index (χ3v) is 3.20. The lowest BCUT2D eigenvalue weighted by molar-refractivity contribution is -0.130. The highest BCUT2D eigenvalue weighted by Gasteiger charge is 2.12. The van der Waals surface area contributed by atoms with Crippen LogP contribution in [0.2, 0.25) is 0 Å². The highest BCUT2D eigenvalue weighted by molar-refractivity contribution is 5.96. The topological polar surface area (TPSA) is 69.6 Å². The Morgan fingerprint density at radius 1 is 1.25 bits per heavy atom. The van der Waals surface area contributed by atoms with Gasteiger partial charge >= 0.3 is 0 Å². The summed E-state index contributed by atoms with van der Waals surface area (Å²) in [7, 11) is 0. The Morgan fingerprint density at radius 3 is 2.45 bits per heavy atom. The van der Waals surface area contributed by atoms with Crippen LogP contribution in [-0.2, 0) is 4.79 Å². The van der Waals surface area contributed by atoms with E-state index in [1.54, 1.807) is 17.9 Å². The molecule has 0 heterocycles. The molecule has 1 aromatic rings. The molecule has 0 saturated carbocycles. The molecule has 0 atom stereocenters. The van der Waals surface area contributed by atoms with E-state index < -0.39 is 0 Å². The van der Waals surface area contributed by atoms with Gasteiger partial charge in [-0.3, -0.25) is 9.59 Å². The van der Waals surface area contributed by atoms with Gasteiger partial charge in [0, 0.05) is 31.6 Å². The summed E-state index contributed by atoms with van der Waals surface area (Å²) in [5, 5.41) is 12.0. The van der Waals surface area contributed by atoms with E-state index in [2.05, 4.69) is 5.32 Å². The van der Waals surface area contributed by atoms with Gasteiger partial charge in [-0.1, -0.05) is 0 Å². The van der Waals surface area contributed by atoms with Crippen LogP contribution in [0.25, 0.3) is 0 Å². The van der Waals surface area contributed by atoms with E-state index in [1.165, 1.54) is 12.1 Å². The van der Waals surface area contributed by atoms with Crippen LogP contribution in [0.15, 0.2) is 18.2 Å². The van der Waals surface area contributed by atoms with Crippen molar-refractivity contribution in [2.24, 2.45) is 0 Å². The number of nitrogens with zero attached hydrogens (tertiary/aromatic N) is 1. The van der Waals surface area contributed by atoms with Crippen molar-refractivity contribution in [2.45, 2.75) is 27.2 Å². The number of nitrogens with one attached hydrogen (secondary N) is 1. The molecule has 5 heteroatoms. The van der Waals surface area contributed by atoms with Gasteiger partial charge in [0.05, 0.1) is 0 Å². The first kappa shape index (κ1) is 16.0. The molecule has 20 heavy (non-hydrogen) atoms. The first-order valence-corrected chi connectivity index (χ1v) is 6.85. The molecule has 0 aliphatic carbocycles. The van der Waals surface area contributed by atoms with Crippen molar-refractivity contribution in [3.63, 3.8) is 0 Å². The number of amides is 2. The summed E-state index contributed by atoms with van der Waals surface area (Å²) in [5.41, 5.74) is 1.22. The molecule has 5 nitrogen and oxygen atoms in total. The Labute approximate surface area is 119 Å². The van der Waals surface area contributed by atoms with Gasteiger partial charge in [-0.2, -0.15) is 0 Å². The standard InChI is InChI=1S/C15H22N2O3/c1-4-17(5-2)14(19)8-9-16-15(20)13-7-6-12(18)10-11(13)3/h6-7,10,18H,4-5,8-9H2,1-3H3,(H,16,20). The molecule has 0 saturated heterocycles. The molecule has 0 radical (unpaired) electrons. The van der Waals surface area contributed by atoms with Crippen molar-refractivity contribution < 1.29 is 14.7 Å². The number of rotatable bonds is 6. The monoisotopic (exact) mass is 278 g/mol. The van der Waals surface area contributed by atoms with Crippen LogP contribution in [0.1, 0.15) is 36.2 Å². The number of benzene rings is 1. The molecule has 2 N–H and O–H groups in total. The minimum atomic E-state index is -0.227. The van der Waals surface area contributed by atoms with E-state index >= 15 is 0 Å². The van der Waals surface area contributed by atoms with Crippen LogP contribution in [0.3, 0.4) is 0 Å². The normalized spacial score (nSPS) is 10.2. The minimum Gasteiger partial charge on any atom is -0.508 e. The van der Waals surface area contributed by atoms with E-state index in [0.717, 1.165) is 0 Å². The van der Waals surface area contributed by atoms with E-state index in [-0.39, 0.29) is 17.6 Å². The molecule has 2 amide bonds. The maximum atomic E-state index is 11.9. The predicted molar refractivity (Wildman–Crippen MR) is 77.7 cm³/mol. The summed E-state index contributed by atoms with van der Waals surface area (Å²) in [5.74, 6) is -0.0525. The summed E-state index contributed by atoms with van der Waals surface area (Å²) in [6, 6.07) is 4.59. The van der Waals surface area contributed by atoms with Crippen LogP contribution < -0.4 is 5.32 Å². The van der Waals surface area contributed by atoms with Crippen molar-refractivity contribution in [2.75, 3.05) is 19.6 Å². The maximum Gasteiger partial charge on any atom is 0.251 e. The summed E-state index contributed by atoms with van der Waals surface area (Å²) < 4.78 is 0. The second kappa shape index (κ2) is 7.53. The second-order valence-corrected chi connectivity index (χ2v) is 4.57. The third kappa shape index (κ3) is 4.26. The van der Waals surface area contributed by atoms with Crippen LogP contribution >= 0.6 is 0 Å². The second-order valence-electron chi connectivity index (χ2n) is 4.57. The molecule has 0 spiro atoms. The van der Waals surface area contributed by atoms with Crippen molar-refractivity contribution in [1.29, 1.82) is 0 Å². The highest BCUT2D eigenvalue weighted by Crippen LogP contribution is 2.15. The fraction of sp³-hybridized carbons (Fsp3) is 0.467. The number of phenolic OH excluding ortho intramolecular Hbond substituents is 1. The number of hydrogen-bond donors (Lipinski definition) is 2. The molecule has 0 aliphatic heterocycles. The van der Waals surface area contributed by atoms with Crippen molar-refractivity contribution in [1.82, 2.24) is 10.2 Å². The molecule has 0 unspecified atom stereocenters. The zero-order valence-corrected chi connectivity index (χ0v) is 12.3. The number of aromatic hydroxyl groups is 1. The molecule has 0 fully saturated rings. The Kier molecular flexibility index (Phi) is 6.03. The van der Waals surface area contributed by atoms with Gasteiger partial charge in [-0.15, -0.1) is 0 Å². The van der Waals surface area contributed by atoms with Crippen LogP contribution in [-0.4, -0.2) is 41.5 Å².